The molecule has 2 rings (SSSR count). The number of hydrogen-bond acceptors (Lipinski definition) is 8. The molecule has 1 fully saturated rings. The highest BCUT2D eigenvalue weighted by molar-refractivity contribution is 6.24. The number of rotatable bonds is 4. The normalized spacial score (nSPS) is 30.7. The lowest BCUT2D eigenvalue weighted by Gasteiger charge is -2.29. The molecule has 0 amide bonds. The molecule has 3 atom stereocenters. The SMILES string of the molecule is C[Si]O[C@]1(n2cnc(N)nc2=O)C[C@H](O)[C@@H](CO)O1. The Bertz CT molecular complexity index is 512. The van der Waals surface area contributed by atoms with Crippen molar-refractivity contribution < 1.29 is 19.4 Å². The van der Waals surface area contributed by atoms with Gasteiger partial charge in [0.25, 0.3) is 5.91 Å². The van der Waals surface area contributed by atoms with Crippen LogP contribution in [0.1, 0.15) is 6.42 Å². The first kappa shape index (κ1) is 14.1. The lowest BCUT2D eigenvalue weighted by Crippen LogP contribution is -2.45. The average Bonchev–Trinajstić information content (AvgIpc) is 2.66. The number of ether oxygens (including phenoxy) is 1. The fourth-order valence-electron chi connectivity index (χ4n) is 1.93. The van der Waals surface area contributed by atoms with E-state index in [0.717, 1.165) is 10.9 Å². The molecule has 0 bridgehead atoms. The third-order valence-corrected chi connectivity index (χ3v) is 3.29. The van der Waals surface area contributed by atoms with E-state index in [0.29, 0.717) is 0 Å². The maximum absolute atomic E-state index is 11.8. The second-order valence-electron chi connectivity index (χ2n) is 4.00. The van der Waals surface area contributed by atoms with Gasteiger partial charge in [0.2, 0.25) is 15.7 Å². The van der Waals surface area contributed by atoms with E-state index in [1.54, 1.807) is 6.55 Å². The first-order valence-electron chi connectivity index (χ1n) is 5.55. The number of nitrogens with zero attached hydrogens (tertiary/aromatic N) is 3. The maximum atomic E-state index is 11.8. The van der Waals surface area contributed by atoms with Crippen LogP contribution in [0.15, 0.2) is 11.1 Å². The van der Waals surface area contributed by atoms with Crippen molar-refractivity contribution in [1.82, 2.24) is 14.5 Å². The Morgan fingerprint density at radius 3 is 3.05 bits per heavy atom. The number of aliphatic hydroxyl groups excluding tert-OH is 2. The van der Waals surface area contributed by atoms with E-state index in [1.807, 2.05) is 0 Å². The van der Waals surface area contributed by atoms with Gasteiger partial charge in [-0.05, 0) is 6.55 Å². The van der Waals surface area contributed by atoms with Crippen molar-refractivity contribution in [2.45, 2.75) is 31.1 Å². The summed E-state index contributed by atoms with van der Waals surface area (Å²) in [5.74, 6) is -1.67. The molecule has 10 heteroatoms. The predicted molar refractivity (Wildman–Crippen MR) is 64.0 cm³/mol. The minimum Gasteiger partial charge on any atom is -0.394 e. The largest absolute Gasteiger partial charge is 0.394 e. The number of anilines is 1. The van der Waals surface area contributed by atoms with Crippen LogP contribution in [0, 0.1) is 0 Å². The first-order chi connectivity index (χ1) is 9.02. The van der Waals surface area contributed by atoms with Crippen LogP contribution in [0.3, 0.4) is 0 Å². The lowest BCUT2D eigenvalue weighted by atomic mass is 10.2. The summed E-state index contributed by atoms with van der Waals surface area (Å²) in [6.07, 6.45) is -0.643. The van der Waals surface area contributed by atoms with Crippen molar-refractivity contribution in [2.75, 3.05) is 12.3 Å². The fourth-order valence-corrected chi connectivity index (χ4v) is 2.48. The van der Waals surface area contributed by atoms with Gasteiger partial charge in [0.1, 0.15) is 12.4 Å². The number of aliphatic hydroxyl groups is 2. The van der Waals surface area contributed by atoms with Crippen LogP contribution in [-0.4, -0.2) is 53.3 Å². The van der Waals surface area contributed by atoms with Gasteiger partial charge in [-0.3, -0.25) is 0 Å². The molecular formula is C9H14N4O5Si. The zero-order chi connectivity index (χ0) is 14.0. The highest BCUT2D eigenvalue weighted by atomic mass is 28.2. The quantitative estimate of drug-likeness (QED) is 0.524. The molecular weight excluding hydrogens is 272 g/mol. The minimum atomic E-state index is -1.51. The summed E-state index contributed by atoms with van der Waals surface area (Å²) in [6.45, 7) is 1.36. The van der Waals surface area contributed by atoms with Gasteiger partial charge in [-0.15, -0.1) is 0 Å². The van der Waals surface area contributed by atoms with Crippen LogP contribution in [0.4, 0.5) is 5.95 Å². The maximum Gasteiger partial charge on any atom is 0.356 e. The van der Waals surface area contributed by atoms with Crippen LogP contribution in [-0.2, 0) is 15.1 Å². The second kappa shape index (κ2) is 5.34. The number of hydrogen-bond donors (Lipinski definition) is 3. The van der Waals surface area contributed by atoms with E-state index < -0.39 is 23.8 Å². The van der Waals surface area contributed by atoms with E-state index in [1.165, 1.54) is 0 Å². The Kier molecular flexibility index (Phi) is 3.96. The monoisotopic (exact) mass is 286 g/mol. The molecule has 1 aliphatic rings. The second-order valence-corrected chi connectivity index (χ2v) is 4.61. The summed E-state index contributed by atoms with van der Waals surface area (Å²) in [5, 5.41) is 18.9. The van der Waals surface area contributed by atoms with Gasteiger partial charge in [-0.25, -0.2) is 14.3 Å². The molecule has 1 aliphatic heterocycles. The standard InChI is InChI=1S/C9H14N4O5Si/c1-19-18-9(2-5(15)6(3-14)17-9)13-4-11-7(10)12-8(13)16/h4-6,14-15H,2-3H2,1H3,(H2,10,12,16)/t5-,6+,9-/m0/s1. The third-order valence-electron chi connectivity index (χ3n) is 2.76. The zero-order valence-electron chi connectivity index (χ0n) is 10.2. The minimum absolute atomic E-state index is 0.00154. The lowest BCUT2D eigenvalue weighted by molar-refractivity contribution is -0.240. The van der Waals surface area contributed by atoms with E-state index >= 15 is 0 Å². The molecule has 104 valence electrons. The topological polar surface area (TPSA) is 133 Å². The summed E-state index contributed by atoms with van der Waals surface area (Å²) in [6, 6.07) is 0. The van der Waals surface area contributed by atoms with Crippen LogP contribution in [0.2, 0.25) is 6.55 Å². The van der Waals surface area contributed by atoms with Crippen molar-refractivity contribution in [3.8, 4) is 0 Å². The van der Waals surface area contributed by atoms with Crippen molar-refractivity contribution in [3.05, 3.63) is 16.8 Å². The highest BCUT2D eigenvalue weighted by Crippen LogP contribution is 2.34. The summed E-state index contributed by atoms with van der Waals surface area (Å²) >= 11 is 0. The van der Waals surface area contributed by atoms with Gasteiger partial charge in [-0.2, -0.15) is 4.98 Å². The smallest absolute Gasteiger partial charge is 0.356 e. The van der Waals surface area contributed by atoms with Gasteiger partial charge in [-0.1, -0.05) is 0 Å². The van der Waals surface area contributed by atoms with Gasteiger partial charge in [0, 0.05) is 0 Å². The summed E-state index contributed by atoms with van der Waals surface area (Å²) in [5.41, 5.74) is 4.62. The summed E-state index contributed by atoms with van der Waals surface area (Å²) in [4.78, 5) is 19.1. The molecule has 0 aliphatic carbocycles. The van der Waals surface area contributed by atoms with Gasteiger partial charge in [0.05, 0.1) is 19.1 Å². The molecule has 0 saturated carbocycles. The van der Waals surface area contributed by atoms with E-state index in [-0.39, 0.29) is 28.7 Å². The number of nitrogens with two attached hydrogens (primary N) is 1. The molecule has 1 aromatic heterocycles. The Labute approximate surface area is 110 Å². The first-order valence-corrected chi connectivity index (χ1v) is 6.96. The number of aromatic nitrogens is 3. The molecule has 4 N–H and O–H groups in total. The average molecular weight is 286 g/mol. The van der Waals surface area contributed by atoms with Gasteiger partial charge >= 0.3 is 5.69 Å². The molecule has 0 unspecified atom stereocenters. The fraction of sp³-hybridized carbons (Fsp3) is 0.667. The van der Waals surface area contributed by atoms with Crippen molar-refractivity contribution in [3.63, 3.8) is 0 Å². The van der Waals surface area contributed by atoms with Crippen LogP contribution in [0.5, 0.6) is 0 Å². The van der Waals surface area contributed by atoms with E-state index in [9.17, 15) is 9.90 Å². The van der Waals surface area contributed by atoms with Gasteiger partial charge < -0.3 is 25.1 Å². The molecule has 1 aromatic rings. The molecule has 19 heavy (non-hydrogen) atoms. The number of nitrogen functional groups attached to an aromatic ring is 1. The van der Waals surface area contributed by atoms with Crippen LogP contribution in [0.25, 0.3) is 0 Å². The van der Waals surface area contributed by atoms with Crippen LogP contribution < -0.4 is 11.4 Å². The molecule has 9 nitrogen and oxygen atoms in total. The van der Waals surface area contributed by atoms with Gasteiger partial charge in [0.15, 0.2) is 0 Å². The Balaban J connectivity index is 2.43. The molecule has 2 heterocycles. The Morgan fingerprint density at radius 1 is 1.79 bits per heavy atom. The third kappa shape index (κ3) is 2.53. The predicted octanol–water partition coefficient (Wildman–Crippen LogP) is -2.34. The van der Waals surface area contributed by atoms with Crippen molar-refractivity contribution in [2.24, 2.45) is 0 Å². The highest BCUT2D eigenvalue weighted by Gasteiger charge is 2.49. The molecule has 0 spiro atoms. The van der Waals surface area contributed by atoms with Crippen LogP contribution >= 0.6 is 0 Å². The van der Waals surface area contributed by atoms with Crippen molar-refractivity contribution in [1.29, 1.82) is 0 Å². The summed E-state index contributed by atoms with van der Waals surface area (Å²) in [7, 11) is -0.00154. The van der Waals surface area contributed by atoms with Crippen molar-refractivity contribution >= 4 is 15.7 Å². The Hall–Kier alpha value is -1.33. The Morgan fingerprint density at radius 2 is 2.53 bits per heavy atom. The molecule has 1 saturated heterocycles. The summed E-state index contributed by atoms with van der Waals surface area (Å²) < 4.78 is 12.0. The van der Waals surface area contributed by atoms with E-state index in [4.69, 9.17) is 20.0 Å². The molecule has 0 aromatic carbocycles. The van der Waals surface area contributed by atoms with E-state index in [2.05, 4.69) is 9.97 Å². The zero-order valence-corrected chi connectivity index (χ0v) is 11.2. The molecule has 2 radical (unpaired) electrons.